The molecule has 0 bridgehead atoms. The maximum absolute atomic E-state index is 12.0. The standard InChI is InChI=1S/C16H18N2O3/c1-4-20-16(19)15-13(17-11-18(2)3)10-14(21-15)12-8-6-5-7-9-12/h5-11H,4H2,1-3H3. The van der Waals surface area contributed by atoms with Crippen LogP contribution in [-0.2, 0) is 4.74 Å². The van der Waals surface area contributed by atoms with Gasteiger partial charge in [-0.1, -0.05) is 30.3 Å². The molecular formula is C16H18N2O3. The molecule has 5 heteroatoms. The molecule has 0 saturated heterocycles. The van der Waals surface area contributed by atoms with Crippen molar-refractivity contribution in [2.24, 2.45) is 4.99 Å². The Morgan fingerprint density at radius 3 is 2.67 bits per heavy atom. The second kappa shape index (κ2) is 6.74. The van der Waals surface area contributed by atoms with Crippen molar-refractivity contribution in [3.63, 3.8) is 0 Å². The van der Waals surface area contributed by atoms with E-state index >= 15 is 0 Å². The predicted octanol–water partition coefficient (Wildman–Crippen LogP) is 3.34. The van der Waals surface area contributed by atoms with Crippen molar-refractivity contribution in [3.05, 3.63) is 42.2 Å². The van der Waals surface area contributed by atoms with Crippen molar-refractivity contribution in [3.8, 4) is 11.3 Å². The second-order valence-corrected chi connectivity index (χ2v) is 4.62. The number of esters is 1. The van der Waals surface area contributed by atoms with Crippen molar-refractivity contribution in [2.75, 3.05) is 20.7 Å². The van der Waals surface area contributed by atoms with Crippen LogP contribution < -0.4 is 0 Å². The Morgan fingerprint density at radius 1 is 1.33 bits per heavy atom. The number of nitrogens with zero attached hydrogens (tertiary/aromatic N) is 2. The van der Waals surface area contributed by atoms with Crippen LogP contribution in [0, 0.1) is 0 Å². The molecule has 0 unspecified atom stereocenters. The highest BCUT2D eigenvalue weighted by Crippen LogP contribution is 2.31. The molecule has 0 amide bonds. The van der Waals surface area contributed by atoms with Gasteiger partial charge in [0.2, 0.25) is 5.76 Å². The van der Waals surface area contributed by atoms with E-state index in [1.165, 1.54) is 0 Å². The monoisotopic (exact) mass is 286 g/mol. The number of rotatable bonds is 5. The Kier molecular flexibility index (Phi) is 4.77. The van der Waals surface area contributed by atoms with E-state index < -0.39 is 5.97 Å². The smallest absolute Gasteiger partial charge is 0.376 e. The van der Waals surface area contributed by atoms with Gasteiger partial charge in [-0.25, -0.2) is 9.79 Å². The lowest BCUT2D eigenvalue weighted by Crippen LogP contribution is -2.07. The Morgan fingerprint density at radius 2 is 2.05 bits per heavy atom. The summed E-state index contributed by atoms with van der Waals surface area (Å²) in [5.74, 6) is 0.198. The fraction of sp³-hybridized carbons (Fsp3) is 0.250. The van der Waals surface area contributed by atoms with Gasteiger partial charge in [0.05, 0.1) is 12.9 Å². The molecule has 0 fully saturated rings. The summed E-state index contributed by atoms with van der Waals surface area (Å²) in [4.78, 5) is 18.0. The summed E-state index contributed by atoms with van der Waals surface area (Å²) in [6.45, 7) is 2.04. The van der Waals surface area contributed by atoms with E-state index in [0.29, 0.717) is 11.4 Å². The zero-order valence-corrected chi connectivity index (χ0v) is 12.4. The summed E-state index contributed by atoms with van der Waals surface area (Å²) in [5, 5.41) is 0. The van der Waals surface area contributed by atoms with Crippen molar-refractivity contribution in [1.29, 1.82) is 0 Å². The van der Waals surface area contributed by atoms with E-state index in [-0.39, 0.29) is 12.4 Å². The van der Waals surface area contributed by atoms with Gasteiger partial charge in [-0.05, 0) is 6.92 Å². The fourth-order valence-electron chi connectivity index (χ4n) is 1.74. The largest absolute Gasteiger partial charge is 0.460 e. The van der Waals surface area contributed by atoms with E-state index in [9.17, 15) is 4.79 Å². The van der Waals surface area contributed by atoms with E-state index in [2.05, 4.69) is 4.99 Å². The summed E-state index contributed by atoms with van der Waals surface area (Å²) >= 11 is 0. The van der Waals surface area contributed by atoms with Crippen LogP contribution in [0.25, 0.3) is 11.3 Å². The first-order valence-corrected chi connectivity index (χ1v) is 6.68. The molecule has 1 aromatic heterocycles. The molecule has 0 saturated carbocycles. The second-order valence-electron chi connectivity index (χ2n) is 4.62. The summed E-state index contributed by atoms with van der Waals surface area (Å²) in [6.07, 6.45) is 1.61. The van der Waals surface area contributed by atoms with Gasteiger partial charge < -0.3 is 14.1 Å². The van der Waals surface area contributed by atoms with E-state index in [1.807, 2.05) is 44.4 Å². The van der Waals surface area contributed by atoms with Crippen LogP contribution in [0.1, 0.15) is 17.5 Å². The first-order chi connectivity index (χ1) is 10.1. The maximum Gasteiger partial charge on any atom is 0.376 e. The average Bonchev–Trinajstić information content (AvgIpc) is 2.90. The van der Waals surface area contributed by atoms with Crippen LogP contribution in [0.3, 0.4) is 0 Å². The average molecular weight is 286 g/mol. The van der Waals surface area contributed by atoms with Crippen molar-refractivity contribution >= 4 is 18.0 Å². The normalized spacial score (nSPS) is 10.8. The first kappa shape index (κ1) is 14.8. The molecule has 0 spiro atoms. The van der Waals surface area contributed by atoms with Gasteiger partial charge in [0, 0.05) is 25.7 Å². The van der Waals surface area contributed by atoms with Crippen LogP contribution in [0.4, 0.5) is 5.69 Å². The van der Waals surface area contributed by atoms with Gasteiger partial charge in [0.25, 0.3) is 0 Å². The Hall–Kier alpha value is -2.56. The predicted molar refractivity (Wildman–Crippen MR) is 81.9 cm³/mol. The summed E-state index contributed by atoms with van der Waals surface area (Å²) in [5.41, 5.74) is 1.34. The molecule has 0 aliphatic heterocycles. The number of furan rings is 1. The van der Waals surface area contributed by atoms with Crippen LogP contribution in [0.5, 0.6) is 0 Å². The highest BCUT2D eigenvalue weighted by molar-refractivity contribution is 5.93. The molecule has 1 aromatic carbocycles. The van der Waals surface area contributed by atoms with E-state index in [1.54, 1.807) is 24.2 Å². The molecule has 2 rings (SSSR count). The lowest BCUT2D eigenvalue weighted by Gasteiger charge is -2.02. The minimum atomic E-state index is -0.509. The van der Waals surface area contributed by atoms with Crippen molar-refractivity contribution in [1.82, 2.24) is 4.90 Å². The Bertz CT molecular complexity index is 630. The number of ether oxygens (including phenoxy) is 1. The third-order valence-corrected chi connectivity index (χ3v) is 2.66. The molecule has 21 heavy (non-hydrogen) atoms. The lowest BCUT2D eigenvalue weighted by atomic mass is 10.2. The SMILES string of the molecule is CCOC(=O)c1oc(-c2ccccc2)cc1N=CN(C)C. The minimum absolute atomic E-state index is 0.119. The third kappa shape index (κ3) is 3.72. The van der Waals surface area contributed by atoms with Gasteiger partial charge in [-0.3, -0.25) is 0 Å². The molecule has 0 radical (unpaired) electrons. The number of carbonyl (C=O) groups excluding carboxylic acids is 1. The summed E-state index contributed by atoms with van der Waals surface area (Å²) in [7, 11) is 3.71. The molecule has 2 aromatic rings. The fourth-order valence-corrected chi connectivity index (χ4v) is 1.74. The first-order valence-electron chi connectivity index (χ1n) is 6.68. The van der Waals surface area contributed by atoms with Gasteiger partial charge in [0.1, 0.15) is 11.4 Å². The van der Waals surface area contributed by atoms with Crippen LogP contribution in [0.15, 0.2) is 45.8 Å². The van der Waals surface area contributed by atoms with E-state index in [0.717, 1.165) is 5.56 Å². The maximum atomic E-state index is 12.0. The van der Waals surface area contributed by atoms with Gasteiger partial charge in [-0.15, -0.1) is 0 Å². The molecule has 110 valence electrons. The zero-order valence-electron chi connectivity index (χ0n) is 12.4. The molecule has 0 aliphatic carbocycles. The summed E-state index contributed by atoms with van der Waals surface area (Å²) < 4.78 is 10.6. The van der Waals surface area contributed by atoms with Gasteiger partial charge >= 0.3 is 5.97 Å². The number of aliphatic imine (C=N–C) groups is 1. The molecule has 5 nitrogen and oxygen atoms in total. The number of benzene rings is 1. The summed E-state index contributed by atoms with van der Waals surface area (Å²) in [6, 6.07) is 11.3. The highest BCUT2D eigenvalue weighted by atomic mass is 16.5. The third-order valence-electron chi connectivity index (χ3n) is 2.66. The number of hydrogen-bond acceptors (Lipinski definition) is 4. The molecule has 0 aliphatic rings. The quantitative estimate of drug-likeness (QED) is 0.480. The lowest BCUT2D eigenvalue weighted by molar-refractivity contribution is 0.0492. The topological polar surface area (TPSA) is 55.0 Å². The molecule has 1 heterocycles. The van der Waals surface area contributed by atoms with Gasteiger partial charge in [0.15, 0.2) is 0 Å². The highest BCUT2D eigenvalue weighted by Gasteiger charge is 2.20. The Balaban J connectivity index is 2.42. The van der Waals surface area contributed by atoms with Gasteiger partial charge in [-0.2, -0.15) is 0 Å². The number of hydrogen-bond donors (Lipinski definition) is 0. The van der Waals surface area contributed by atoms with Crippen LogP contribution >= 0.6 is 0 Å². The molecule has 0 N–H and O–H groups in total. The Labute approximate surface area is 123 Å². The zero-order chi connectivity index (χ0) is 15.2. The van der Waals surface area contributed by atoms with Crippen molar-refractivity contribution in [2.45, 2.75) is 6.92 Å². The van der Waals surface area contributed by atoms with Crippen LogP contribution in [-0.4, -0.2) is 37.9 Å². The van der Waals surface area contributed by atoms with Crippen LogP contribution in [0.2, 0.25) is 0 Å². The molecular weight excluding hydrogens is 268 g/mol. The molecule has 0 atom stereocenters. The minimum Gasteiger partial charge on any atom is -0.460 e. The number of carbonyl (C=O) groups is 1. The van der Waals surface area contributed by atoms with E-state index in [4.69, 9.17) is 9.15 Å². The van der Waals surface area contributed by atoms with Crippen molar-refractivity contribution < 1.29 is 13.9 Å².